The van der Waals surface area contributed by atoms with Gasteiger partial charge in [-0.05, 0) is 41.5 Å². The lowest BCUT2D eigenvalue weighted by molar-refractivity contribution is 0.134. The molecule has 2 unspecified atom stereocenters. The lowest BCUT2D eigenvalue weighted by atomic mass is 9.91. The molecular weight excluding hydrogens is 485 g/mol. The molecule has 0 spiro atoms. The number of nitrogens with one attached hydrogen (secondary N) is 2. The number of aliphatic imine (C=N–C) groups is 1. The Morgan fingerprint density at radius 1 is 1.03 bits per heavy atom. The van der Waals surface area contributed by atoms with E-state index in [4.69, 9.17) is 0 Å². The number of nitrogens with zero attached hydrogens (tertiary/aromatic N) is 3. The van der Waals surface area contributed by atoms with Gasteiger partial charge in [-0.1, -0.05) is 44.2 Å². The molecule has 2 heterocycles. The van der Waals surface area contributed by atoms with Crippen LogP contribution in [0.2, 0.25) is 0 Å². The van der Waals surface area contributed by atoms with Crippen molar-refractivity contribution in [1.29, 1.82) is 0 Å². The van der Waals surface area contributed by atoms with Crippen LogP contribution >= 0.6 is 24.0 Å². The number of guanidine groups is 1. The van der Waals surface area contributed by atoms with Crippen molar-refractivity contribution < 1.29 is 0 Å². The number of pyridine rings is 1. The van der Waals surface area contributed by atoms with Crippen molar-refractivity contribution in [2.24, 2.45) is 16.8 Å². The summed E-state index contributed by atoms with van der Waals surface area (Å²) in [6.45, 7) is 9.75. The van der Waals surface area contributed by atoms with E-state index >= 15 is 0 Å². The van der Waals surface area contributed by atoms with Gasteiger partial charge in [0.25, 0.3) is 0 Å². The highest BCUT2D eigenvalue weighted by Crippen LogP contribution is 2.23. The van der Waals surface area contributed by atoms with E-state index in [-0.39, 0.29) is 24.0 Å². The third kappa shape index (κ3) is 7.87. The summed E-state index contributed by atoms with van der Waals surface area (Å²) in [6.07, 6.45) is 4.06. The van der Waals surface area contributed by atoms with Gasteiger partial charge >= 0.3 is 0 Å². The monoisotopic (exact) mass is 521 g/mol. The molecule has 0 aliphatic carbocycles. The molecule has 1 aromatic carbocycles. The first-order chi connectivity index (χ1) is 14.1. The Balaban J connectivity index is 0.00000320. The summed E-state index contributed by atoms with van der Waals surface area (Å²) in [5, 5.41) is 6.86. The molecule has 0 bridgehead atoms. The highest BCUT2D eigenvalue weighted by molar-refractivity contribution is 14.0. The standard InChI is InChI=1S/C24H35N5.HI/c1-19-14-20(2)17-29(16-19)18-22-9-5-4-8-21(22)15-28-24(25-3)27-13-11-23-10-6-7-12-26-23;/h4-10,12,19-20H,11,13-18H2,1-3H3,(H2,25,27,28);1H. The van der Waals surface area contributed by atoms with E-state index in [0.29, 0.717) is 0 Å². The number of hydrogen-bond acceptors (Lipinski definition) is 3. The summed E-state index contributed by atoms with van der Waals surface area (Å²) in [6, 6.07) is 14.8. The zero-order chi connectivity index (χ0) is 20.5. The molecule has 5 nitrogen and oxygen atoms in total. The Bertz CT molecular complexity index is 770. The van der Waals surface area contributed by atoms with Gasteiger partial charge in [-0.25, -0.2) is 0 Å². The molecule has 0 amide bonds. The number of rotatable bonds is 7. The molecule has 3 rings (SSSR count). The van der Waals surface area contributed by atoms with E-state index in [0.717, 1.165) is 49.5 Å². The van der Waals surface area contributed by atoms with Crippen molar-refractivity contribution in [3.8, 4) is 0 Å². The van der Waals surface area contributed by atoms with Gasteiger partial charge in [-0.3, -0.25) is 14.9 Å². The van der Waals surface area contributed by atoms with Crippen molar-refractivity contribution in [2.45, 2.75) is 39.8 Å². The minimum Gasteiger partial charge on any atom is -0.356 e. The first-order valence-electron chi connectivity index (χ1n) is 10.8. The van der Waals surface area contributed by atoms with Crippen LogP contribution in [0.1, 0.15) is 37.1 Å². The summed E-state index contributed by atoms with van der Waals surface area (Å²) in [4.78, 5) is 11.3. The predicted octanol–water partition coefficient (Wildman–Crippen LogP) is 4.09. The smallest absolute Gasteiger partial charge is 0.191 e. The molecule has 0 radical (unpaired) electrons. The zero-order valence-electron chi connectivity index (χ0n) is 18.5. The number of benzene rings is 1. The van der Waals surface area contributed by atoms with Crippen molar-refractivity contribution in [3.05, 3.63) is 65.5 Å². The molecule has 1 aliphatic heterocycles. The number of likely N-dealkylation sites (tertiary alicyclic amines) is 1. The molecule has 2 N–H and O–H groups in total. The van der Waals surface area contributed by atoms with Gasteiger partial charge in [0.05, 0.1) is 0 Å². The van der Waals surface area contributed by atoms with Crippen LogP contribution in [0.5, 0.6) is 0 Å². The van der Waals surface area contributed by atoms with Gasteiger partial charge in [0.2, 0.25) is 0 Å². The quantitative estimate of drug-likeness (QED) is 0.328. The van der Waals surface area contributed by atoms with Crippen LogP contribution in [0, 0.1) is 11.8 Å². The molecule has 0 saturated carbocycles. The molecule has 1 saturated heterocycles. The topological polar surface area (TPSA) is 52.6 Å². The van der Waals surface area contributed by atoms with Crippen molar-refractivity contribution >= 4 is 29.9 Å². The Labute approximate surface area is 198 Å². The molecular formula is C24H36IN5. The Kier molecular flexibility index (Phi) is 10.6. The van der Waals surface area contributed by atoms with Gasteiger partial charge in [-0.2, -0.15) is 0 Å². The Hall–Kier alpha value is -1.67. The maximum absolute atomic E-state index is 4.37. The number of piperidine rings is 1. The summed E-state index contributed by atoms with van der Waals surface area (Å²) >= 11 is 0. The maximum Gasteiger partial charge on any atom is 0.191 e. The van der Waals surface area contributed by atoms with E-state index in [9.17, 15) is 0 Å². The molecule has 30 heavy (non-hydrogen) atoms. The highest BCUT2D eigenvalue weighted by atomic mass is 127. The van der Waals surface area contributed by atoms with E-state index in [1.165, 1.54) is 30.6 Å². The van der Waals surface area contributed by atoms with E-state index < -0.39 is 0 Å². The number of hydrogen-bond donors (Lipinski definition) is 2. The summed E-state index contributed by atoms with van der Waals surface area (Å²) in [5.41, 5.74) is 3.84. The molecule has 2 aromatic rings. The van der Waals surface area contributed by atoms with Crippen molar-refractivity contribution in [2.75, 3.05) is 26.7 Å². The summed E-state index contributed by atoms with van der Waals surface area (Å²) in [5.74, 6) is 2.40. The Morgan fingerprint density at radius 2 is 1.73 bits per heavy atom. The average molecular weight is 521 g/mol. The normalized spacial score (nSPS) is 19.8. The van der Waals surface area contributed by atoms with E-state index in [1.807, 2.05) is 25.4 Å². The van der Waals surface area contributed by atoms with Crippen LogP contribution in [0.15, 0.2) is 53.7 Å². The van der Waals surface area contributed by atoms with Gasteiger partial charge in [-0.15, -0.1) is 24.0 Å². The largest absolute Gasteiger partial charge is 0.356 e. The fourth-order valence-corrected chi connectivity index (χ4v) is 4.30. The van der Waals surface area contributed by atoms with Gasteiger partial charge < -0.3 is 10.6 Å². The van der Waals surface area contributed by atoms with Crippen LogP contribution in [-0.2, 0) is 19.5 Å². The van der Waals surface area contributed by atoms with Crippen LogP contribution in [0.3, 0.4) is 0 Å². The SMILES string of the molecule is CN=C(NCCc1ccccn1)NCc1ccccc1CN1CC(C)CC(C)C1.I. The van der Waals surface area contributed by atoms with Gasteiger partial charge in [0.1, 0.15) is 0 Å². The highest BCUT2D eigenvalue weighted by Gasteiger charge is 2.22. The Morgan fingerprint density at radius 3 is 2.40 bits per heavy atom. The van der Waals surface area contributed by atoms with Crippen LogP contribution in [0.4, 0.5) is 0 Å². The van der Waals surface area contributed by atoms with Crippen LogP contribution in [0.25, 0.3) is 0 Å². The van der Waals surface area contributed by atoms with Crippen LogP contribution < -0.4 is 10.6 Å². The average Bonchev–Trinajstić information content (AvgIpc) is 2.71. The van der Waals surface area contributed by atoms with Gasteiger partial charge in [0, 0.05) is 58.1 Å². The van der Waals surface area contributed by atoms with E-state index in [2.05, 4.69) is 69.7 Å². The molecule has 1 fully saturated rings. The van der Waals surface area contributed by atoms with E-state index in [1.54, 1.807) is 0 Å². The maximum atomic E-state index is 4.37. The second-order valence-electron chi connectivity index (χ2n) is 8.33. The molecule has 164 valence electrons. The second kappa shape index (κ2) is 12.9. The number of halogens is 1. The predicted molar refractivity (Wildman–Crippen MR) is 136 cm³/mol. The van der Waals surface area contributed by atoms with Crippen molar-refractivity contribution in [3.63, 3.8) is 0 Å². The lowest BCUT2D eigenvalue weighted by Gasteiger charge is -2.35. The summed E-state index contributed by atoms with van der Waals surface area (Å²) < 4.78 is 0. The molecule has 2 atom stereocenters. The fraction of sp³-hybridized carbons (Fsp3) is 0.500. The second-order valence-corrected chi connectivity index (χ2v) is 8.33. The fourth-order valence-electron chi connectivity index (χ4n) is 4.30. The molecule has 1 aliphatic rings. The molecule has 6 heteroatoms. The first kappa shape index (κ1) is 24.6. The molecule has 1 aromatic heterocycles. The van der Waals surface area contributed by atoms with Crippen LogP contribution in [-0.4, -0.2) is 42.5 Å². The third-order valence-corrected chi connectivity index (χ3v) is 5.53. The zero-order valence-corrected chi connectivity index (χ0v) is 20.8. The minimum atomic E-state index is 0. The van der Waals surface area contributed by atoms with Crippen molar-refractivity contribution in [1.82, 2.24) is 20.5 Å². The summed E-state index contributed by atoms with van der Waals surface area (Å²) in [7, 11) is 1.82. The van der Waals surface area contributed by atoms with Gasteiger partial charge in [0.15, 0.2) is 5.96 Å². The lowest BCUT2D eigenvalue weighted by Crippen LogP contribution is -2.39. The minimum absolute atomic E-state index is 0. The third-order valence-electron chi connectivity index (χ3n) is 5.53. The first-order valence-corrected chi connectivity index (χ1v) is 10.8. The number of aromatic nitrogens is 1.